The molecule has 0 unspecified atom stereocenters. The highest BCUT2D eigenvalue weighted by molar-refractivity contribution is 6.76. The molecule has 7 rings (SSSR count). The van der Waals surface area contributed by atoms with Crippen LogP contribution in [0.3, 0.4) is 0 Å². The Morgan fingerprint density at radius 3 is 1.07 bits per heavy atom. The van der Waals surface area contributed by atoms with Gasteiger partial charge in [0.2, 0.25) is 0 Å². The van der Waals surface area contributed by atoms with E-state index in [4.69, 9.17) is 72.7 Å². The van der Waals surface area contributed by atoms with Gasteiger partial charge in [0.15, 0.2) is 43.0 Å². The Labute approximate surface area is 399 Å². The molecule has 2 aliphatic heterocycles. The van der Waals surface area contributed by atoms with Crippen molar-refractivity contribution in [3.8, 4) is 0 Å². The van der Waals surface area contributed by atoms with E-state index in [1.807, 2.05) is 0 Å². The number of rotatable bonds is 13. The standard InChI is InChI=1S/C49H42Cl3NO14/c1-28-35(62-42(54)30-18-8-3-9-19-30)37(39(41(60-28)53-48(59)49(50,51)52)65-45(57)33-24-14-6-15-25-33)67-47-40(66-46(58)34-26-16-7-17-27-34)38(64-44(56)32-22-12-5-13-23-32)36(29(2)61-47)63-43(55)31-20-10-4-11-21-31/h3-29,35-41,47H,1-2H3,(H,53,59)/t28-,29-,35+,36+,37+,38+,39+,40+,41+,47-/m0/s1. The molecule has 348 valence electrons. The van der Waals surface area contributed by atoms with Gasteiger partial charge in [-0.25, -0.2) is 24.0 Å². The van der Waals surface area contributed by atoms with E-state index < -0.39 is 101 Å². The van der Waals surface area contributed by atoms with Gasteiger partial charge >= 0.3 is 29.8 Å². The molecule has 0 bridgehead atoms. The molecule has 2 saturated heterocycles. The molecule has 10 atom stereocenters. The summed E-state index contributed by atoms with van der Waals surface area (Å²) in [6.45, 7) is 2.97. The molecule has 1 N–H and O–H groups in total. The van der Waals surface area contributed by atoms with E-state index in [1.165, 1.54) is 74.5 Å². The maximum Gasteiger partial charge on any atom is 0.338 e. The maximum absolute atomic E-state index is 14.1. The van der Waals surface area contributed by atoms with Crippen molar-refractivity contribution in [2.75, 3.05) is 0 Å². The molecule has 1 amide bonds. The molecule has 0 aliphatic carbocycles. The minimum absolute atomic E-state index is 0.0531. The Hall–Kier alpha value is -6.33. The summed E-state index contributed by atoms with van der Waals surface area (Å²) in [6, 6.07) is 39.3. The van der Waals surface area contributed by atoms with Crippen molar-refractivity contribution in [2.45, 2.75) is 79.0 Å². The van der Waals surface area contributed by atoms with Crippen LogP contribution < -0.4 is 5.32 Å². The van der Waals surface area contributed by atoms with Gasteiger partial charge in [0.25, 0.3) is 9.70 Å². The fourth-order valence-electron chi connectivity index (χ4n) is 7.28. The molecule has 0 saturated carbocycles. The van der Waals surface area contributed by atoms with Crippen molar-refractivity contribution in [1.29, 1.82) is 0 Å². The number of esters is 5. The minimum atomic E-state index is -2.55. The number of halogens is 3. The average Bonchev–Trinajstić information content (AvgIpc) is 3.34. The number of carbonyl (C=O) groups excluding carboxylic acids is 6. The first-order chi connectivity index (χ1) is 32.2. The number of nitrogens with one attached hydrogen (secondary N) is 1. The highest BCUT2D eigenvalue weighted by Crippen LogP contribution is 2.37. The highest BCUT2D eigenvalue weighted by atomic mass is 35.6. The van der Waals surface area contributed by atoms with E-state index in [9.17, 15) is 28.8 Å². The van der Waals surface area contributed by atoms with Crippen molar-refractivity contribution in [3.05, 3.63) is 179 Å². The number of benzene rings is 5. The lowest BCUT2D eigenvalue weighted by atomic mass is 9.95. The van der Waals surface area contributed by atoms with Gasteiger partial charge in [-0.05, 0) is 74.5 Å². The summed E-state index contributed by atoms with van der Waals surface area (Å²) in [7, 11) is 0. The Bertz CT molecular complexity index is 2500. The van der Waals surface area contributed by atoms with Crippen LogP contribution >= 0.6 is 34.8 Å². The fraction of sp³-hybridized carbons (Fsp3) is 0.265. The Balaban J connectivity index is 1.35. The van der Waals surface area contributed by atoms with Crippen molar-refractivity contribution < 1.29 is 66.7 Å². The van der Waals surface area contributed by atoms with Gasteiger partial charge in [-0.15, -0.1) is 0 Å². The molecule has 2 heterocycles. The molecule has 5 aromatic rings. The van der Waals surface area contributed by atoms with Crippen molar-refractivity contribution >= 4 is 70.6 Å². The summed E-state index contributed by atoms with van der Waals surface area (Å²) in [4.78, 5) is 83.0. The number of ether oxygens (including phenoxy) is 8. The van der Waals surface area contributed by atoms with Gasteiger partial charge in [0.05, 0.1) is 40.0 Å². The Kier molecular flexibility index (Phi) is 15.9. The van der Waals surface area contributed by atoms with Crippen LogP contribution in [0.4, 0.5) is 0 Å². The number of hydrogen-bond acceptors (Lipinski definition) is 14. The average molecular weight is 975 g/mol. The van der Waals surface area contributed by atoms with Gasteiger partial charge in [-0.2, -0.15) is 0 Å². The van der Waals surface area contributed by atoms with E-state index in [-0.39, 0.29) is 27.8 Å². The van der Waals surface area contributed by atoms with Crippen LogP contribution in [-0.4, -0.2) is 101 Å². The summed E-state index contributed by atoms with van der Waals surface area (Å²) in [5, 5.41) is 2.43. The van der Waals surface area contributed by atoms with Crippen molar-refractivity contribution in [1.82, 2.24) is 5.32 Å². The number of amides is 1. The van der Waals surface area contributed by atoms with Crippen LogP contribution in [-0.2, 0) is 42.7 Å². The zero-order chi connectivity index (χ0) is 47.7. The molecule has 2 aliphatic rings. The predicted molar refractivity (Wildman–Crippen MR) is 240 cm³/mol. The second-order valence-electron chi connectivity index (χ2n) is 15.2. The topological polar surface area (TPSA) is 188 Å². The Morgan fingerprint density at radius 1 is 0.418 bits per heavy atom. The van der Waals surface area contributed by atoms with Gasteiger partial charge in [0, 0.05) is 0 Å². The molecule has 18 heteroatoms. The third kappa shape index (κ3) is 12.2. The molecule has 0 radical (unpaired) electrons. The molecule has 15 nitrogen and oxygen atoms in total. The minimum Gasteiger partial charge on any atom is -0.453 e. The second kappa shape index (κ2) is 22.0. The van der Waals surface area contributed by atoms with Crippen LogP contribution in [0.15, 0.2) is 152 Å². The van der Waals surface area contributed by atoms with E-state index in [0.29, 0.717) is 0 Å². The molecular formula is C49H42Cl3NO14. The number of alkyl halides is 3. The third-order valence-electron chi connectivity index (χ3n) is 10.6. The van der Waals surface area contributed by atoms with E-state index >= 15 is 0 Å². The highest BCUT2D eigenvalue weighted by Gasteiger charge is 2.57. The summed E-state index contributed by atoms with van der Waals surface area (Å²) in [6.07, 6.45) is -15.9. The Morgan fingerprint density at radius 2 is 0.716 bits per heavy atom. The quantitative estimate of drug-likeness (QED) is 0.0695. The summed E-state index contributed by atoms with van der Waals surface area (Å²) in [5.41, 5.74) is 0.462. The summed E-state index contributed by atoms with van der Waals surface area (Å²) >= 11 is 17.9. The second-order valence-corrected chi connectivity index (χ2v) is 17.5. The predicted octanol–water partition coefficient (Wildman–Crippen LogP) is 7.48. The molecule has 5 aromatic carbocycles. The fourth-order valence-corrected chi connectivity index (χ4v) is 7.44. The van der Waals surface area contributed by atoms with Crippen molar-refractivity contribution in [3.63, 3.8) is 0 Å². The van der Waals surface area contributed by atoms with Crippen LogP contribution in [0.25, 0.3) is 0 Å². The lowest BCUT2D eigenvalue weighted by Gasteiger charge is -2.48. The zero-order valence-corrected chi connectivity index (χ0v) is 37.8. The van der Waals surface area contributed by atoms with Gasteiger partial charge < -0.3 is 43.2 Å². The van der Waals surface area contributed by atoms with Crippen LogP contribution in [0, 0.1) is 0 Å². The molecule has 0 spiro atoms. The third-order valence-corrected chi connectivity index (χ3v) is 11.1. The van der Waals surface area contributed by atoms with Crippen molar-refractivity contribution in [2.24, 2.45) is 0 Å². The molecular weight excluding hydrogens is 933 g/mol. The van der Waals surface area contributed by atoms with E-state index in [1.54, 1.807) is 91.0 Å². The molecule has 0 aromatic heterocycles. The normalized spacial score (nSPS) is 24.8. The first kappa shape index (κ1) is 48.6. The monoisotopic (exact) mass is 973 g/mol. The first-order valence-corrected chi connectivity index (χ1v) is 22.0. The van der Waals surface area contributed by atoms with E-state index in [2.05, 4.69) is 5.32 Å². The number of hydrogen-bond donors (Lipinski definition) is 1. The van der Waals surface area contributed by atoms with Crippen LogP contribution in [0.1, 0.15) is 65.6 Å². The SMILES string of the molecule is C[C@@H]1O[C@@H](NC(=O)C(Cl)(Cl)Cl)[C@H](OC(=O)c2ccccc2)[C@H](O[C@@H]2O[C@@H](C)[C@@H](OC(=O)c3ccccc3)[C@@H](OC(=O)c3ccccc3)[C@H]2OC(=O)c2ccccc2)[C@@H]1OC(=O)c1ccccc1. The first-order valence-electron chi connectivity index (χ1n) is 20.8. The van der Waals surface area contributed by atoms with Gasteiger partial charge in [0.1, 0.15) is 6.10 Å². The lowest BCUT2D eigenvalue weighted by molar-refractivity contribution is -0.333. The smallest absolute Gasteiger partial charge is 0.338 e. The maximum atomic E-state index is 14.1. The largest absolute Gasteiger partial charge is 0.453 e. The van der Waals surface area contributed by atoms with Crippen LogP contribution in [0.2, 0.25) is 0 Å². The summed E-state index contributed by atoms with van der Waals surface area (Å²) in [5.74, 6) is -5.69. The molecule has 2 fully saturated rings. The zero-order valence-electron chi connectivity index (χ0n) is 35.6. The molecule has 67 heavy (non-hydrogen) atoms. The van der Waals surface area contributed by atoms with Crippen LogP contribution in [0.5, 0.6) is 0 Å². The van der Waals surface area contributed by atoms with Gasteiger partial charge in [-0.1, -0.05) is 126 Å². The lowest BCUT2D eigenvalue weighted by Crippen LogP contribution is -2.68. The van der Waals surface area contributed by atoms with E-state index in [0.717, 1.165) is 0 Å². The number of carbonyl (C=O) groups is 6. The summed E-state index contributed by atoms with van der Waals surface area (Å²) < 4.78 is 47.3. The van der Waals surface area contributed by atoms with Gasteiger partial charge in [-0.3, -0.25) is 4.79 Å².